The molecule has 26 heavy (non-hydrogen) atoms. The molecule has 1 amide bonds. The lowest BCUT2D eigenvalue weighted by molar-refractivity contribution is 0.0915. The zero-order chi connectivity index (χ0) is 18.7. The first kappa shape index (κ1) is 18.1. The van der Waals surface area contributed by atoms with Crippen molar-refractivity contribution < 1.29 is 9.90 Å². The Balaban J connectivity index is 1.69. The molecule has 1 heterocycles. The molecule has 3 rings (SSSR count). The maximum absolute atomic E-state index is 12.5. The van der Waals surface area contributed by atoms with Crippen LogP contribution in [0, 0.1) is 6.92 Å². The molecule has 0 saturated carbocycles. The van der Waals surface area contributed by atoms with Crippen LogP contribution in [0.2, 0.25) is 0 Å². The monoisotopic (exact) mass is 348 g/mol. The third kappa shape index (κ3) is 3.92. The van der Waals surface area contributed by atoms with Gasteiger partial charge in [-0.05, 0) is 36.1 Å². The predicted molar refractivity (Wildman–Crippen MR) is 104 cm³/mol. The van der Waals surface area contributed by atoms with E-state index in [4.69, 9.17) is 0 Å². The van der Waals surface area contributed by atoms with Gasteiger partial charge in [0.15, 0.2) is 0 Å². The maximum Gasteiger partial charge on any atom is 0.253 e. The number of hydrogen-bond acceptors (Lipinski definition) is 3. The maximum atomic E-state index is 12.5. The molecule has 0 radical (unpaired) electrons. The van der Waals surface area contributed by atoms with Gasteiger partial charge in [0.25, 0.3) is 5.91 Å². The number of rotatable bonds is 5. The number of pyridine rings is 1. The molecule has 0 spiro atoms. The number of aliphatic hydroxyl groups is 1. The fourth-order valence-corrected chi connectivity index (χ4v) is 2.95. The summed E-state index contributed by atoms with van der Waals surface area (Å²) in [4.78, 5) is 17.0. The van der Waals surface area contributed by atoms with Crippen LogP contribution in [-0.2, 0) is 0 Å². The molecule has 134 valence electrons. The molecule has 0 bridgehead atoms. The molecular weight excluding hydrogens is 324 g/mol. The van der Waals surface area contributed by atoms with Gasteiger partial charge >= 0.3 is 0 Å². The van der Waals surface area contributed by atoms with Crippen molar-refractivity contribution in [3.63, 3.8) is 0 Å². The quantitative estimate of drug-likeness (QED) is 0.729. The number of carbonyl (C=O) groups is 1. The minimum Gasteiger partial charge on any atom is -0.387 e. The van der Waals surface area contributed by atoms with Gasteiger partial charge in [-0.15, -0.1) is 0 Å². The molecule has 4 heteroatoms. The van der Waals surface area contributed by atoms with E-state index in [9.17, 15) is 9.90 Å². The zero-order valence-corrected chi connectivity index (χ0v) is 15.4. The van der Waals surface area contributed by atoms with Gasteiger partial charge in [0.05, 0.1) is 22.9 Å². The molecule has 0 fully saturated rings. The molecule has 1 atom stereocenters. The molecule has 2 N–H and O–H groups in total. The van der Waals surface area contributed by atoms with Crippen LogP contribution < -0.4 is 5.32 Å². The Morgan fingerprint density at radius 2 is 1.73 bits per heavy atom. The van der Waals surface area contributed by atoms with E-state index < -0.39 is 6.10 Å². The highest BCUT2D eigenvalue weighted by Gasteiger charge is 2.14. The van der Waals surface area contributed by atoms with Crippen molar-refractivity contribution in [2.24, 2.45) is 0 Å². The number of amides is 1. The molecule has 0 saturated heterocycles. The van der Waals surface area contributed by atoms with Crippen LogP contribution in [0.5, 0.6) is 0 Å². The molecule has 1 unspecified atom stereocenters. The number of nitrogens with one attached hydrogen (secondary N) is 1. The van der Waals surface area contributed by atoms with Crippen molar-refractivity contribution in [1.82, 2.24) is 10.3 Å². The van der Waals surface area contributed by atoms with Gasteiger partial charge in [-0.25, -0.2) is 0 Å². The van der Waals surface area contributed by atoms with Gasteiger partial charge < -0.3 is 10.4 Å². The van der Waals surface area contributed by atoms with E-state index in [1.54, 1.807) is 0 Å². The Hall–Kier alpha value is -2.72. The Kier molecular flexibility index (Phi) is 5.33. The lowest BCUT2D eigenvalue weighted by Gasteiger charge is -2.14. The van der Waals surface area contributed by atoms with Crippen LogP contribution in [0.1, 0.15) is 53.0 Å². The summed E-state index contributed by atoms with van der Waals surface area (Å²) in [6.45, 7) is 6.24. The Labute approximate surface area is 153 Å². The fraction of sp³-hybridized carbons (Fsp3) is 0.273. The second kappa shape index (κ2) is 7.67. The van der Waals surface area contributed by atoms with Crippen molar-refractivity contribution in [1.29, 1.82) is 0 Å². The smallest absolute Gasteiger partial charge is 0.253 e. The van der Waals surface area contributed by atoms with Gasteiger partial charge in [-0.3, -0.25) is 9.78 Å². The van der Waals surface area contributed by atoms with Crippen LogP contribution in [0.3, 0.4) is 0 Å². The SMILES string of the molecule is Cc1nc2ccccc2cc1C(=O)NCC(O)c1ccc(C(C)C)cc1. The first-order valence-corrected chi connectivity index (χ1v) is 8.88. The molecule has 3 aromatic rings. The summed E-state index contributed by atoms with van der Waals surface area (Å²) in [5.41, 5.74) is 4.10. The summed E-state index contributed by atoms with van der Waals surface area (Å²) in [7, 11) is 0. The molecule has 0 aliphatic carbocycles. The molecular formula is C22H24N2O2. The summed E-state index contributed by atoms with van der Waals surface area (Å²) in [5.74, 6) is 0.225. The van der Waals surface area contributed by atoms with E-state index in [-0.39, 0.29) is 12.5 Å². The molecule has 1 aromatic heterocycles. The average Bonchev–Trinajstić information content (AvgIpc) is 2.65. The van der Waals surface area contributed by atoms with Crippen LogP contribution in [-0.4, -0.2) is 22.5 Å². The number of carbonyl (C=O) groups excluding carboxylic acids is 1. The molecule has 0 aliphatic heterocycles. The van der Waals surface area contributed by atoms with Gasteiger partial charge in [0.1, 0.15) is 0 Å². The number of hydrogen-bond donors (Lipinski definition) is 2. The number of fused-ring (bicyclic) bond motifs is 1. The van der Waals surface area contributed by atoms with E-state index in [1.165, 1.54) is 5.56 Å². The molecule has 0 aliphatic rings. The van der Waals surface area contributed by atoms with Crippen molar-refractivity contribution in [3.8, 4) is 0 Å². The second-order valence-electron chi connectivity index (χ2n) is 6.86. The predicted octanol–water partition coefficient (Wildman–Crippen LogP) is 4.13. The first-order valence-electron chi connectivity index (χ1n) is 8.88. The summed E-state index contributed by atoms with van der Waals surface area (Å²) >= 11 is 0. The van der Waals surface area contributed by atoms with Crippen molar-refractivity contribution >= 4 is 16.8 Å². The van der Waals surface area contributed by atoms with E-state index in [1.807, 2.05) is 61.5 Å². The number of aryl methyl sites for hydroxylation is 1. The lowest BCUT2D eigenvalue weighted by Crippen LogP contribution is -2.29. The summed E-state index contributed by atoms with van der Waals surface area (Å²) in [6, 6.07) is 17.4. The molecule has 2 aromatic carbocycles. The van der Waals surface area contributed by atoms with Crippen LogP contribution in [0.15, 0.2) is 54.6 Å². The first-order chi connectivity index (χ1) is 12.5. The summed E-state index contributed by atoms with van der Waals surface area (Å²) in [6.07, 6.45) is -0.742. The van der Waals surface area contributed by atoms with Gasteiger partial charge in [0, 0.05) is 11.9 Å². The largest absolute Gasteiger partial charge is 0.387 e. The van der Waals surface area contributed by atoms with Crippen LogP contribution in [0.4, 0.5) is 0 Å². The van der Waals surface area contributed by atoms with Crippen LogP contribution in [0.25, 0.3) is 10.9 Å². The number of aromatic nitrogens is 1. The van der Waals surface area contributed by atoms with Crippen molar-refractivity contribution in [2.75, 3.05) is 6.54 Å². The zero-order valence-electron chi connectivity index (χ0n) is 15.4. The molecule has 4 nitrogen and oxygen atoms in total. The highest BCUT2D eigenvalue weighted by atomic mass is 16.3. The van der Waals surface area contributed by atoms with E-state index in [0.717, 1.165) is 16.5 Å². The number of aliphatic hydroxyl groups excluding tert-OH is 1. The fourth-order valence-electron chi connectivity index (χ4n) is 2.95. The summed E-state index contributed by atoms with van der Waals surface area (Å²) < 4.78 is 0. The van der Waals surface area contributed by atoms with Gasteiger partial charge in [0.2, 0.25) is 0 Å². The van der Waals surface area contributed by atoms with E-state index >= 15 is 0 Å². The number of nitrogens with zero attached hydrogens (tertiary/aromatic N) is 1. The highest BCUT2D eigenvalue weighted by molar-refractivity contribution is 5.98. The minimum absolute atomic E-state index is 0.159. The van der Waals surface area contributed by atoms with Gasteiger partial charge in [-0.1, -0.05) is 56.3 Å². The van der Waals surface area contributed by atoms with Crippen LogP contribution >= 0.6 is 0 Å². The third-order valence-corrected chi connectivity index (χ3v) is 4.60. The Bertz CT molecular complexity index is 917. The topological polar surface area (TPSA) is 62.2 Å². The van der Waals surface area contributed by atoms with E-state index in [2.05, 4.69) is 24.1 Å². The number of para-hydroxylation sites is 1. The standard InChI is InChI=1S/C22H24N2O2/c1-14(2)16-8-10-17(11-9-16)21(25)13-23-22(26)19-12-18-6-4-5-7-20(18)24-15(19)3/h4-12,14,21,25H,13H2,1-3H3,(H,23,26). The highest BCUT2D eigenvalue weighted by Crippen LogP contribution is 2.19. The van der Waals surface area contributed by atoms with Gasteiger partial charge in [-0.2, -0.15) is 0 Å². The third-order valence-electron chi connectivity index (χ3n) is 4.60. The van der Waals surface area contributed by atoms with Crippen molar-refractivity contribution in [3.05, 3.63) is 77.0 Å². The summed E-state index contributed by atoms with van der Waals surface area (Å²) in [5, 5.41) is 14.1. The van der Waals surface area contributed by atoms with E-state index in [0.29, 0.717) is 17.2 Å². The minimum atomic E-state index is -0.742. The Morgan fingerprint density at radius 1 is 1.08 bits per heavy atom. The second-order valence-corrected chi connectivity index (χ2v) is 6.86. The normalized spacial score (nSPS) is 12.3. The van der Waals surface area contributed by atoms with Crippen molar-refractivity contribution in [2.45, 2.75) is 32.8 Å². The average molecular weight is 348 g/mol. The number of benzene rings is 2. The lowest BCUT2D eigenvalue weighted by atomic mass is 10.00. The Morgan fingerprint density at radius 3 is 2.42 bits per heavy atom.